The molecule has 7 heteroatoms. The van der Waals surface area contributed by atoms with E-state index < -0.39 is 5.97 Å². The van der Waals surface area contributed by atoms with E-state index in [1.54, 1.807) is 54.6 Å². The van der Waals surface area contributed by atoms with E-state index >= 15 is 0 Å². The van der Waals surface area contributed by atoms with Gasteiger partial charge >= 0.3 is 5.97 Å². The fourth-order valence-electron chi connectivity index (χ4n) is 4.02. The second-order valence-electron chi connectivity index (χ2n) is 9.09. The molecule has 0 aromatic heterocycles. The van der Waals surface area contributed by atoms with Gasteiger partial charge in [-0.1, -0.05) is 71.8 Å². The Bertz CT molecular complexity index is 1680. The van der Waals surface area contributed by atoms with E-state index in [0.717, 1.165) is 16.3 Å². The number of ether oxygens (including phenoxy) is 2. The molecule has 5 aromatic rings. The third kappa shape index (κ3) is 6.54. The predicted octanol–water partition coefficient (Wildman–Crippen LogP) is 7.36. The second-order valence-corrected chi connectivity index (χ2v) is 9.53. The summed E-state index contributed by atoms with van der Waals surface area (Å²) in [6.07, 6.45) is 1.48. The molecule has 1 N–H and O–H groups in total. The number of nitrogens with one attached hydrogen (secondary N) is 1. The van der Waals surface area contributed by atoms with Crippen LogP contribution in [0.4, 0.5) is 0 Å². The molecule has 0 atom stereocenters. The molecule has 0 bridgehead atoms. The summed E-state index contributed by atoms with van der Waals surface area (Å²) in [5, 5.41) is 6.43. The minimum Gasteiger partial charge on any atom is -0.489 e. The number of hydrazone groups is 1. The topological polar surface area (TPSA) is 77.0 Å². The Hall–Kier alpha value is -4.94. The number of carbonyl (C=O) groups is 2. The van der Waals surface area contributed by atoms with Gasteiger partial charge in [0.15, 0.2) is 0 Å². The Morgan fingerprint density at radius 3 is 2.27 bits per heavy atom. The van der Waals surface area contributed by atoms with Gasteiger partial charge in [0, 0.05) is 16.1 Å². The third-order valence-corrected chi connectivity index (χ3v) is 6.47. The summed E-state index contributed by atoms with van der Waals surface area (Å²) >= 11 is 5.93. The zero-order valence-electron chi connectivity index (χ0n) is 21.6. The number of hydrogen-bond donors (Lipinski definition) is 1. The van der Waals surface area contributed by atoms with Crippen LogP contribution in [0.25, 0.3) is 10.8 Å². The molecule has 1 amide bonds. The van der Waals surface area contributed by atoms with Gasteiger partial charge in [-0.25, -0.2) is 10.2 Å². The Labute approximate surface area is 236 Å². The molecule has 0 aliphatic rings. The molecule has 0 fully saturated rings. The van der Waals surface area contributed by atoms with Gasteiger partial charge in [-0.2, -0.15) is 5.10 Å². The molecule has 0 saturated carbocycles. The van der Waals surface area contributed by atoms with E-state index in [-0.39, 0.29) is 5.91 Å². The predicted molar refractivity (Wildman–Crippen MR) is 157 cm³/mol. The Balaban J connectivity index is 1.28. The number of benzene rings is 5. The summed E-state index contributed by atoms with van der Waals surface area (Å²) in [5.41, 5.74) is 6.14. The lowest BCUT2D eigenvalue weighted by Crippen LogP contribution is -2.17. The maximum absolute atomic E-state index is 12.8. The molecular weight excluding hydrogens is 524 g/mol. The maximum atomic E-state index is 12.8. The van der Waals surface area contributed by atoms with Crippen LogP contribution in [0.15, 0.2) is 114 Å². The van der Waals surface area contributed by atoms with E-state index in [0.29, 0.717) is 39.8 Å². The van der Waals surface area contributed by atoms with Crippen molar-refractivity contribution >= 4 is 40.5 Å². The van der Waals surface area contributed by atoms with Gasteiger partial charge in [0.2, 0.25) is 0 Å². The highest BCUT2D eigenvalue weighted by Gasteiger charge is 2.14. The first-order valence-corrected chi connectivity index (χ1v) is 13.0. The number of rotatable bonds is 8. The zero-order valence-corrected chi connectivity index (χ0v) is 22.4. The smallest absolute Gasteiger partial charge is 0.343 e. The highest BCUT2D eigenvalue weighted by molar-refractivity contribution is 6.30. The summed E-state index contributed by atoms with van der Waals surface area (Å²) in [5.74, 6) is 0.0480. The van der Waals surface area contributed by atoms with Crippen LogP contribution in [-0.2, 0) is 6.61 Å². The fourth-order valence-corrected chi connectivity index (χ4v) is 4.14. The molecule has 6 nitrogen and oxygen atoms in total. The van der Waals surface area contributed by atoms with Crippen LogP contribution in [0, 0.1) is 6.92 Å². The van der Waals surface area contributed by atoms with Crippen LogP contribution in [-0.4, -0.2) is 18.1 Å². The first-order valence-electron chi connectivity index (χ1n) is 12.6. The van der Waals surface area contributed by atoms with Crippen molar-refractivity contribution in [3.63, 3.8) is 0 Å². The molecule has 0 heterocycles. The van der Waals surface area contributed by atoms with Gasteiger partial charge in [-0.15, -0.1) is 0 Å². The highest BCUT2D eigenvalue weighted by atomic mass is 35.5. The first-order chi connectivity index (χ1) is 19.5. The van der Waals surface area contributed by atoms with Crippen molar-refractivity contribution in [1.82, 2.24) is 5.43 Å². The van der Waals surface area contributed by atoms with Gasteiger partial charge in [0.05, 0.1) is 11.8 Å². The van der Waals surface area contributed by atoms with Crippen LogP contribution >= 0.6 is 11.6 Å². The molecular formula is C33H25ClN2O4. The van der Waals surface area contributed by atoms with E-state index in [2.05, 4.69) is 10.5 Å². The van der Waals surface area contributed by atoms with Crippen LogP contribution in [0.3, 0.4) is 0 Å². The van der Waals surface area contributed by atoms with Gasteiger partial charge in [-0.3, -0.25) is 4.79 Å². The molecule has 0 aliphatic carbocycles. The molecule has 5 rings (SSSR count). The standard InChI is InChI=1S/C33H25ClN2O4/c1-22-6-8-23(9-7-22)21-39-28-17-12-25(13-18-28)32(37)36-35-20-30-29-5-3-2-4-24(29)14-19-31(30)40-33(38)26-10-15-27(34)16-11-26/h2-20H,21H2,1H3,(H,36,37)/b35-20+. The fraction of sp³-hybridized carbons (Fsp3) is 0.0606. The highest BCUT2D eigenvalue weighted by Crippen LogP contribution is 2.27. The summed E-state index contributed by atoms with van der Waals surface area (Å²) in [6.45, 7) is 2.48. The molecule has 0 unspecified atom stereocenters. The Morgan fingerprint density at radius 2 is 1.52 bits per heavy atom. The van der Waals surface area contributed by atoms with Crippen molar-refractivity contribution in [2.75, 3.05) is 0 Å². The average molecular weight is 549 g/mol. The zero-order chi connectivity index (χ0) is 27.9. The minimum absolute atomic E-state index is 0.312. The van der Waals surface area contributed by atoms with Crippen molar-refractivity contribution in [3.8, 4) is 11.5 Å². The van der Waals surface area contributed by atoms with Gasteiger partial charge < -0.3 is 9.47 Å². The van der Waals surface area contributed by atoms with Crippen LogP contribution in [0.5, 0.6) is 11.5 Å². The molecule has 0 radical (unpaired) electrons. The van der Waals surface area contributed by atoms with E-state index in [1.165, 1.54) is 11.8 Å². The monoisotopic (exact) mass is 548 g/mol. The molecule has 198 valence electrons. The quantitative estimate of drug-likeness (QED) is 0.0950. The SMILES string of the molecule is Cc1ccc(COc2ccc(C(=O)N/N=C/c3c(OC(=O)c4ccc(Cl)cc4)ccc4ccccc34)cc2)cc1. The van der Waals surface area contributed by atoms with Crippen molar-refractivity contribution < 1.29 is 19.1 Å². The summed E-state index contributed by atoms with van der Waals surface area (Å²) in [7, 11) is 0. The molecule has 0 aliphatic heterocycles. The largest absolute Gasteiger partial charge is 0.489 e. The first kappa shape index (κ1) is 26.7. The Morgan fingerprint density at radius 1 is 0.825 bits per heavy atom. The van der Waals surface area contributed by atoms with Crippen molar-refractivity contribution in [2.45, 2.75) is 13.5 Å². The maximum Gasteiger partial charge on any atom is 0.343 e. The summed E-state index contributed by atoms with van der Waals surface area (Å²) in [6, 6.07) is 32.6. The lowest BCUT2D eigenvalue weighted by atomic mass is 10.0. The van der Waals surface area contributed by atoms with Gasteiger partial charge in [-0.05, 0) is 77.9 Å². The summed E-state index contributed by atoms with van der Waals surface area (Å²) < 4.78 is 11.5. The number of aryl methyl sites for hydroxylation is 1. The lowest BCUT2D eigenvalue weighted by molar-refractivity contribution is 0.0734. The lowest BCUT2D eigenvalue weighted by Gasteiger charge is -2.11. The molecule has 5 aromatic carbocycles. The van der Waals surface area contributed by atoms with E-state index in [4.69, 9.17) is 21.1 Å². The Kier molecular flexibility index (Phi) is 8.18. The number of amides is 1. The number of hydrogen-bond acceptors (Lipinski definition) is 5. The van der Waals surface area contributed by atoms with Crippen LogP contribution < -0.4 is 14.9 Å². The normalized spacial score (nSPS) is 10.9. The van der Waals surface area contributed by atoms with E-state index in [1.807, 2.05) is 61.5 Å². The van der Waals surface area contributed by atoms with Crippen molar-refractivity contribution in [2.24, 2.45) is 5.10 Å². The number of esters is 1. The second kappa shape index (κ2) is 12.3. The van der Waals surface area contributed by atoms with Crippen molar-refractivity contribution in [3.05, 3.63) is 142 Å². The van der Waals surface area contributed by atoms with Crippen LogP contribution in [0.2, 0.25) is 5.02 Å². The van der Waals surface area contributed by atoms with E-state index in [9.17, 15) is 9.59 Å². The molecule has 40 heavy (non-hydrogen) atoms. The number of nitrogens with zero attached hydrogens (tertiary/aromatic N) is 1. The number of halogens is 1. The van der Waals surface area contributed by atoms with Gasteiger partial charge in [0.25, 0.3) is 5.91 Å². The summed E-state index contributed by atoms with van der Waals surface area (Å²) in [4.78, 5) is 25.5. The number of fused-ring (bicyclic) bond motifs is 1. The third-order valence-electron chi connectivity index (χ3n) is 6.22. The van der Waals surface area contributed by atoms with Crippen LogP contribution in [0.1, 0.15) is 37.4 Å². The molecule has 0 saturated heterocycles. The molecule has 0 spiro atoms. The number of carbonyl (C=O) groups excluding carboxylic acids is 2. The minimum atomic E-state index is -0.532. The van der Waals surface area contributed by atoms with Gasteiger partial charge in [0.1, 0.15) is 18.1 Å². The van der Waals surface area contributed by atoms with Crippen molar-refractivity contribution in [1.29, 1.82) is 0 Å². The average Bonchev–Trinajstić information content (AvgIpc) is 2.98.